The first-order valence-electron chi connectivity index (χ1n) is 7.24. The second-order valence-corrected chi connectivity index (χ2v) is 5.59. The molecule has 0 spiro atoms. The highest BCUT2D eigenvalue weighted by molar-refractivity contribution is 6.30. The average molecular weight is 323 g/mol. The molecule has 0 radical (unpaired) electrons. The smallest absolute Gasteiger partial charge is 0.174 e. The van der Waals surface area contributed by atoms with Gasteiger partial charge in [-0.1, -0.05) is 41.9 Å². The molecule has 0 saturated heterocycles. The zero-order valence-corrected chi connectivity index (χ0v) is 13.2. The van der Waals surface area contributed by atoms with E-state index in [-0.39, 0.29) is 6.61 Å². The number of halogens is 1. The van der Waals surface area contributed by atoms with Crippen LogP contribution in [0.2, 0.25) is 5.02 Å². The Morgan fingerprint density at radius 1 is 1.04 bits per heavy atom. The highest BCUT2D eigenvalue weighted by Gasteiger charge is 2.12. The van der Waals surface area contributed by atoms with Crippen LogP contribution in [0.15, 0.2) is 54.6 Å². The lowest BCUT2D eigenvalue weighted by Gasteiger charge is -2.14. The van der Waals surface area contributed by atoms with Crippen molar-refractivity contribution in [2.45, 2.75) is 6.54 Å². The van der Waals surface area contributed by atoms with Crippen molar-refractivity contribution < 1.29 is 4.74 Å². The van der Waals surface area contributed by atoms with Gasteiger partial charge in [-0.2, -0.15) is 5.26 Å². The summed E-state index contributed by atoms with van der Waals surface area (Å²) in [6.07, 6.45) is 0. The number of nitrogens with zero attached hydrogens (tertiary/aromatic N) is 1. The van der Waals surface area contributed by atoms with E-state index < -0.39 is 0 Å². The molecule has 0 aliphatic rings. The third-order valence-electron chi connectivity index (χ3n) is 3.71. The lowest BCUT2D eigenvalue weighted by Crippen LogP contribution is -1.98. The Hall–Kier alpha value is -2.54. The number of nitriles is 1. The predicted molar refractivity (Wildman–Crippen MR) is 93.4 cm³/mol. The molecular formula is C19H15ClN2O. The van der Waals surface area contributed by atoms with Crippen LogP contribution in [-0.4, -0.2) is 6.61 Å². The summed E-state index contributed by atoms with van der Waals surface area (Å²) in [5.41, 5.74) is 8.75. The van der Waals surface area contributed by atoms with Gasteiger partial charge in [-0.25, -0.2) is 0 Å². The van der Waals surface area contributed by atoms with Gasteiger partial charge in [-0.05, 0) is 46.2 Å². The highest BCUT2D eigenvalue weighted by atomic mass is 35.5. The van der Waals surface area contributed by atoms with Gasteiger partial charge < -0.3 is 10.5 Å². The second-order valence-electron chi connectivity index (χ2n) is 5.15. The van der Waals surface area contributed by atoms with E-state index in [0.29, 0.717) is 17.3 Å². The summed E-state index contributed by atoms with van der Waals surface area (Å²) in [4.78, 5) is 0. The maximum absolute atomic E-state index is 8.80. The van der Waals surface area contributed by atoms with Crippen LogP contribution in [0.25, 0.3) is 21.9 Å². The Morgan fingerprint density at radius 2 is 1.83 bits per heavy atom. The lowest BCUT2D eigenvalue weighted by molar-refractivity contribution is 0.370. The van der Waals surface area contributed by atoms with Crippen molar-refractivity contribution in [3.8, 4) is 22.9 Å². The van der Waals surface area contributed by atoms with Crippen molar-refractivity contribution in [3.05, 3.63) is 65.2 Å². The van der Waals surface area contributed by atoms with Crippen LogP contribution < -0.4 is 10.5 Å². The van der Waals surface area contributed by atoms with Gasteiger partial charge in [-0.3, -0.25) is 0 Å². The number of benzene rings is 3. The van der Waals surface area contributed by atoms with Crippen molar-refractivity contribution >= 4 is 22.4 Å². The monoisotopic (exact) mass is 322 g/mol. The molecule has 114 valence electrons. The summed E-state index contributed by atoms with van der Waals surface area (Å²) in [6, 6.07) is 19.6. The van der Waals surface area contributed by atoms with Gasteiger partial charge in [0.25, 0.3) is 0 Å². The first kappa shape index (κ1) is 15.4. The normalized spacial score (nSPS) is 10.5. The van der Waals surface area contributed by atoms with Crippen LogP contribution in [0.4, 0.5) is 0 Å². The molecular weight excluding hydrogens is 308 g/mol. The summed E-state index contributed by atoms with van der Waals surface area (Å²) in [7, 11) is 0. The molecule has 23 heavy (non-hydrogen) atoms. The SMILES string of the molecule is N#CCOc1ccc2cc(CN)ccc2c1-c1ccc(Cl)cc1. The molecule has 0 aliphatic heterocycles. The lowest BCUT2D eigenvalue weighted by atomic mass is 9.96. The fourth-order valence-electron chi connectivity index (χ4n) is 2.63. The number of nitrogens with two attached hydrogens (primary N) is 1. The molecule has 4 heteroatoms. The fraction of sp³-hybridized carbons (Fsp3) is 0.105. The van der Waals surface area contributed by atoms with Crippen molar-refractivity contribution in [2.75, 3.05) is 6.61 Å². The number of hydrogen-bond acceptors (Lipinski definition) is 3. The molecule has 3 rings (SSSR count). The minimum Gasteiger partial charge on any atom is -0.478 e. The predicted octanol–water partition coefficient (Wildman–Crippen LogP) is 4.52. The third kappa shape index (κ3) is 3.14. The van der Waals surface area contributed by atoms with Gasteiger partial charge in [0.05, 0.1) is 0 Å². The minimum absolute atomic E-state index is 0.00692. The standard InChI is InChI=1S/C19H15ClN2O/c20-16-5-2-14(3-6-16)19-17-7-1-13(12-22)11-15(17)4-8-18(19)23-10-9-21/h1-8,11H,10,12,22H2. The van der Waals surface area contributed by atoms with Crippen molar-refractivity contribution in [3.63, 3.8) is 0 Å². The zero-order valence-electron chi connectivity index (χ0n) is 12.4. The molecule has 0 fully saturated rings. The minimum atomic E-state index is 0.00692. The molecule has 0 amide bonds. The van der Waals surface area contributed by atoms with Crippen LogP contribution in [0, 0.1) is 11.3 Å². The van der Waals surface area contributed by atoms with Crippen LogP contribution in [0.5, 0.6) is 5.75 Å². The third-order valence-corrected chi connectivity index (χ3v) is 3.96. The van der Waals surface area contributed by atoms with Gasteiger partial charge in [0.2, 0.25) is 0 Å². The van der Waals surface area contributed by atoms with Gasteiger partial charge in [0.1, 0.15) is 11.8 Å². The van der Waals surface area contributed by atoms with E-state index in [1.807, 2.05) is 54.6 Å². The van der Waals surface area contributed by atoms with Crippen molar-refractivity contribution in [2.24, 2.45) is 5.73 Å². The molecule has 0 heterocycles. The number of ether oxygens (including phenoxy) is 1. The molecule has 0 saturated carbocycles. The Morgan fingerprint density at radius 3 is 2.52 bits per heavy atom. The maximum atomic E-state index is 8.80. The first-order chi connectivity index (χ1) is 11.2. The van der Waals surface area contributed by atoms with Crippen molar-refractivity contribution in [1.82, 2.24) is 0 Å². The maximum Gasteiger partial charge on any atom is 0.174 e. The first-order valence-corrected chi connectivity index (χ1v) is 7.62. The van der Waals surface area contributed by atoms with E-state index in [9.17, 15) is 0 Å². The van der Waals surface area contributed by atoms with Crippen LogP contribution in [0.3, 0.4) is 0 Å². The van der Waals surface area contributed by atoms with Crippen molar-refractivity contribution in [1.29, 1.82) is 5.26 Å². The van der Waals surface area contributed by atoms with Gasteiger partial charge in [-0.15, -0.1) is 0 Å². The Labute approximate surface area is 139 Å². The summed E-state index contributed by atoms with van der Waals surface area (Å²) in [5, 5.41) is 11.6. The summed E-state index contributed by atoms with van der Waals surface area (Å²) < 4.78 is 5.62. The molecule has 0 atom stereocenters. The van der Waals surface area contributed by atoms with Crippen LogP contribution in [0.1, 0.15) is 5.56 Å². The Kier molecular flexibility index (Phi) is 4.47. The summed E-state index contributed by atoms with van der Waals surface area (Å²) >= 11 is 5.99. The molecule has 0 aliphatic carbocycles. The van der Waals surface area contributed by atoms with E-state index in [1.165, 1.54) is 0 Å². The average Bonchev–Trinajstić information content (AvgIpc) is 2.59. The van der Waals surface area contributed by atoms with Crippen LogP contribution >= 0.6 is 11.6 Å². The number of rotatable bonds is 4. The molecule has 3 aromatic rings. The second kappa shape index (κ2) is 6.70. The molecule has 2 N–H and O–H groups in total. The van der Waals surface area contributed by atoms with Gasteiger partial charge in [0.15, 0.2) is 6.61 Å². The van der Waals surface area contributed by atoms with Crippen LogP contribution in [-0.2, 0) is 6.54 Å². The molecule has 0 unspecified atom stereocenters. The highest BCUT2D eigenvalue weighted by Crippen LogP contribution is 2.38. The largest absolute Gasteiger partial charge is 0.478 e. The van der Waals surface area contributed by atoms with E-state index >= 15 is 0 Å². The Balaban J connectivity index is 2.24. The molecule has 3 aromatic carbocycles. The number of fused-ring (bicyclic) bond motifs is 1. The zero-order chi connectivity index (χ0) is 16.2. The molecule has 0 bridgehead atoms. The number of hydrogen-bond donors (Lipinski definition) is 1. The molecule has 3 nitrogen and oxygen atoms in total. The topological polar surface area (TPSA) is 59.0 Å². The van der Waals surface area contributed by atoms with Gasteiger partial charge >= 0.3 is 0 Å². The van der Waals surface area contributed by atoms with E-state index in [4.69, 9.17) is 27.3 Å². The summed E-state index contributed by atoms with van der Waals surface area (Å²) in [6.45, 7) is 0.506. The quantitative estimate of drug-likeness (QED) is 0.768. The van der Waals surface area contributed by atoms with Gasteiger partial charge in [0, 0.05) is 17.1 Å². The summed E-state index contributed by atoms with van der Waals surface area (Å²) in [5.74, 6) is 0.682. The van der Waals surface area contributed by atoms with E-state index in [1.54, 1.807) is 0 Å². The van der Waals surface area contributed by atoms with E-state index in [2.05, 4.69) is 6.07 Å². The van der Waals surface area contributed by atoms with E-state index in [0.717, 1.165) is 27.5 Å². The Bertz CT molecular complexity index is 882. The molecule has 0 aromatic heterocycles. The fourth-order valence-corrected chi connectivity index (χ4v) is 2.76.